The highest BCUT2D eigenvalue weighted by Crippen LogP contribution is 2.45. The van der Waals surface area contributed by atoms with E-state index in [0.717, 1.165) is 31.4 Å². The Morgan fingerprint density at radius 1 is 1.09 bits per heavy atom. The van der Waals surface area contributed by atoms with Crippen molar-refractivity contribution in [2.45, 2.75) is 13.0 Å². The van der Waals surface area contributed by atoms with Crippen LogP contribution >= 0.6 is 0 Å². The summed E-state index contributed by atoms with van der Waals surface area (Å²) in [6.45, 7) is 1.47. The smallest absolute Gasteiger partial charge is 0.411 e. The minimum Gasteiger partial charge on any atom is -0.497 e. The molecule has 166 valence electrons. The van der Waals surface area contributed by atoms with Crippen molar-refractivity contribution in [1.29, 1.82) is 0 Å². The number of methoxy groups -OCH3 is 2. The number of carbonyl (C=O) groups is 2. The van der Waals surface area contributed by atoms with Gasteiger partial charge in [0.1, 0.15) is 17.1 Å². The Hall–Kier alpha value is -4.12. The van der Waals surface area contributed by atoms with Gasteiger partial charge in [-0.05, 0) is 31.2 Å². The van der Waals surface area contributed by atoms with E-state index in [1.165, 1.54) is 38.3 Å². The van der Waals surface area contributed by atoms with E-state index >= 15 is 0 Å². The van der Waals surface area contributed by atoms with Crippen LogP contribution in [0.15, 0.2) is 64.8 Å². The van der Waals surface area contributed by atoms with E-state index in [0.29, 0.717) is 0 Å². The molecule has 11 heteroatoms. The molecule has 3 rings (SSSR count). The van der Waals surface area contributed by atoms with E-state index in [4.69, 9.17) is 9.47 Å². The fraction of sp³-hybridized carbons (Fsp3) is 0.190. The molecule has 0 N–H and O–H groups in total. The van der Waals surface area contributed by atoms with Gasteiger partial charge in [0, 0.05) is 29.8 Å². The summed E-state index contributed by atoms with van der Waals surface area (Å²) in [5.41, 5.74) is -0.101. The summed E-state index contributed by atoms with van der Waals surface area (Å²) in [6, 6.07) is 7.75. The van der Waals surface area contributed by atoms with Crippen LogP contribution < -0.4 is 9.59 Å². The summed E-state index contributed by atoms with van der Waals surface area (Å²) < 4.78 is 22.5. The van der Waals surface area contributed by atoms with E-state index < -0.39 is 33.3 Å². The van der Waals surface area contributed by atoms with E-state index in [-0.39, 0.29) is 34.2 Å². The summed E-state index contributed by atoms with van der Waals surface area (Å²) in [4.78, 5) is 40.1. The standard InChI is InChI=1S/C21H18FN3O7/c1-12-17(19(26)31-2)18(13-4-6-14(22)7-5-13)25(21(27)28,20(23-12)32-3)16-10-8-15(9-11-16)24(29)30/h4-11,18H,1-3H3. The highest BCUT2D eigenvalue weighted by molar-refractivity contribution is 6.09. The third kappa shape index (κ3) is 3.48. The zero-order valence-corrected chi connectivity index (χ0v) is 17.3. The first-order valence-electron chi connectivity index (χ1n) is 9.21. The summed E-state index contributed by atoms with van der Waals surface area (Å²) in [5, 5.41) is 23.9. The quantitative estimate of drug-likeness (QED) is 0.307. The molecule has 0 aromatic heterocycles. The van der Waals surface area contributed by atoms with Crippen LogP contribution in [0.3, 0.4) is 0 Å². The minimum atomic E-state index is -1.73. The van der Waals surface area contributed by atoms with Crippen LogP contribution in [0, 0.1) is 15.9 Å². The van der Waals surface area contributed by atoms with Gasteiger partial charge in [-0.1, -0.05) is 0 Å². The summed E-state index contributed by atoms with van der Waals surface area (Å²) in [7, 11) is 2.32. The summed E-state index contributed by atoms with van der Waals surface area (Å²) in [5.74, 6) is -1.44. The largest absolute Gasteiger partial charge is 0.497 e. The van der Waals surface area contributed by atoms with Crippen molar-refractivity contribution in [2.75, 3.05) is 14.2 Å². The molecule has 1 aliphatic heterocycles. The Bertz CT molecular complexity index is 1140. The maximum atomic E-state index is 13.6. The van der Waals surface area contributed by atoms with Crippen LogP contribution in [-0.4, -0.2) is 37.2 Å². The number of rotatable bonds is 4. The number of nitrogens with zero attached hydrogens (tertiary/aromatic N) is 3. The third-order valence-corrected chi connectivity index (χ3v) is 5.15. The average molecular weight is 443 g/mol. The highest BCUT2D eigenvalue weighted by Gasteiger charge is 2.56. The average Bonchev–Trinajstić information content (AvgIpc) is 2.78. The molecule has 0 bridgehead atoms. The number of esters is 1. The number of nitro groups is 1. The van der Waals surface area contributed by atoms with Crippen LogP contribution in [0.5, 0.6) is 0 Å². The maximum Gasteiger partial charge on any atom is 0.411 e. The second-order valence-corrected chi connectivity index (χ2v) is 6.81. The molecule has 1 amide bonds. The number of amidine groups is 1. The molecule has 1 heterocycles. The monoisotopic (exact) mass is 443 g/mol. The van der Waals surface area contributed by atoms with Gasteiger partial charge in [0.15, 0.2) is 6.04 Å². The van der Waals surface area contributed by atoms with Crippen LogP contribution in [0.25, 0.3) is 0 Å². The lowest BCUT2D eigenvalue weighted by molar-refractivity contribution is -0.384. The molecule has 0 spiro atoms. The molecule has 32 heavy (non-hydrogen) atoms. The van der Waals surface area contributed by atoms with Gasteiger partial charge in [-0.2, -0.15) is 9.48 Å². The van der Waals surface area contributed by atoms with Crippen LogP contribution in [-0.2, 0) is 14.3 Å². The summed E-state index contributed by atoms with van der Waals surface area (Å²) >= 11 is 0. The molecule has 0 saturated carbocycles. The maximum absolute atomic E-state index is 13.6. The Labute approximate surface area is 181 Å². The first-order valence-corrected chi connectivity index (χ1v) is 9.21. The predicted octanol–water partition coefficient (Wildman–Crippen LogP) is 2.59. The Kier molecular flexibility index (Phi) is 6.03. The normalized spacial score (nSPS) is 20.4. The lowest BCUT2D eigenvalue weighted by Gasteiger charge is -2.43. The van der Waals surface area contributed by atoms with E-state index in [2.05, 4.69) is 4.99 Å². The number of halogens is 1. The number of nitro benzene ring substituents is 1. The van der Waals surface area contributed by atoms with Crippen LogP contribution in [0.1, 0.15) is 18.5 Å². The molecule has 0 fully saturated rings. The number of carbonyl (C=O) groups excluding carboxylic acids is 2. The Morgan fingerprint density at radius 2 is 1.69 bits per heavy atom. The van der Waals surface area contributed by atoms with Crippen molar-refractivity contribution in [3.05, 3.63) is 81.3 Å². The SMILES string of the molecule is COC(=O)C1=C(C)N=C(OC)[N+](C(=O)[O-])(c2ccc([N+](=O)[O-])cc2)C1c1ccc(F)cc1. The van der Waals surface area contributed by atoms with Gasteiger partial charge >= 0.3 is 12.0 Å². The van der Waals surface area contributed by atoms with Crippen molar-refractivity contribution >= 4 is 29.5 Å². The van der Waals surface area contributed by atoms with Crippen molar-refractivity contribution in [3.8, 4) is 0 Å². The van der Waals surface area contributed by atoms with Gasteiger partial charge in [0.2, 0.25) is 0 Å². The van der Waals surface area contributed by atoms with Gasteiger partial charge in [-0.25, -0.2) is 9.18 Å². The first kappa shape index (κ1) is 22.6. The lowest BCUT2D eigenvalue weighted by atomic mass is 9.91. The number of amides is 1. The number of benzene rings is 2. The highest BCUT2D eigenvalue weighted by atomic mass is 19.1. The molecule has 2 aromatic rings. The zero-order chi connectivity index (χ0) is 23.6. The minimum absolute atomic E-state index is 0.0422. The Balaban J connectivity index is 2.43. The van der Waals surface area contributed by atoms with Crippen LogP contribution in [0.4, 0.5) is 20.6 Å². The number of ether oxygens (including phenoxy) is 2. The van der Waals surface area contributed by atoms with Crippen LogP contribution in [0.2, 0.25) is 0 Å². The summed E-state index contributed by atoms with van der Waals surface area (Å²) in [6.07, 6.45) is -1.73. The zero-order valence-electron chi connectivity index (χ0n) is 17.3. The van der Waals surface area contributed by atoms with Gasteiger partial charge < -0.3 is 19.4 Å². The Morgan fingerprint density at radius 3 is 2.16 bits per heavy atom. The molecule has 2 unspecified atom stereocenters. The molecule has 2 aromatic carbocycles. The molecule has 0 radical (unpaired) electrons. The third-order valence-electron chi connectivity index (χ3n) is 5.15. The topological polar surface area (TPSA) is 131 Å². The van der Waals surface area contributed by atoms with Crippen molar-refractivity contribution in [1.82, 2.24) is 4.48 Å². The molecule has 1 aliphatic rings. The van der Waals surface area contributed by atoms with E-state index in [1.54, 1.807) is 0 Å². The number of aliphatic imine (C=N–C) groups is 1. The van der Waals surface area contributed by atoms with Crippen molar-refractivity contribution < 1.29 is 33.5 Å². The fourth-order valence-electron chi connectivity index (χ4n) is 3.74. The van der Waals surface area contributed by atoms with Gasteiger partial charge in [0.25, 0.3) is 11.8 Å². The second-order valence-electron chi connectivity index (χ2n) is 6.81. The first-order chi connectivity index (χ1) is 15.2. The molecule has 2 atom stereocenters. The van der Waals surface area contributed by atoms with E-state index in [1.807, 2.05) is 0 Å². The number of carboxylic acid groups (broad SMARTS) is 1. The fourth-order valence-corrected chi connectivity index (χ4v) is 3.74. The number of allylic oxidation sites excluding steroid dienone is 1. The number of quaternary nitrogens is 1. The number of hydrogen-bond donors (Lipinski definition) is 0. The second kappa shape index (κ2) is 8.55. The number of non-ortho nitro benzene ring substituents is 1. The molecule has 10 nitrogen and oxygen atoms in total. The van der Waals surface area contributed by atoms with Crippen molar-refractivity contribution in [2.24, 2.45) is 4.99 Å². The number of hydrogen-bond acceptors (Lipinski definition) is 8. The van der Waals surface area contributed by atoms with E-state index in [9.17, 15) is 29.2 Å². The van der Waals surface area contributed by atoms with Crippen molar-refractivity contribution in [3.63, 3.8) is 0 Å². The molecule has 0 saturated heterocycles. The van der Waals surface area contributed by atoms with Gasteiger partial charge in [-0.15, -0.1) is 0 Å². The molecule has 0 aliphatic carbocycles. The van der Waals surface area contributed by atoms with Gasteiger partial charge in [-0.3, -0.25) is 10.1 Å². The lowest BCUT2D eigenvalue weighted by Crippen LogP contribution is -2.67. The van der Waals surface area contributed by atoms with Gasteiger partial charge in [0.05, 0.1) is 24.8 Å². The molecular formula is C21H18FN3O7. The predicted molar refractivity (Wildman–Crippen MR) is 109 cm³/mol. The molecular weight excluding hydrogens is 425 g/mol.